The van der Waals surface area contributed by atoms with Gasteiger partial charge in [-0.1, -0.05) is 23.5 Å². The van der Waals surface area contributed by atoms with Gasteiger partial charge in [0.05, 0.1) is 16.7 Å². The van der Waals surface area contributed by atoms with Crippen LogP contribution in [0.25, 0.3) is 22.4 Å². The zero-order valence-electron chi connectivity index (χ0n) is 13.5. The van der Waals surface area contributed by atoms with E-state index in [0.29, 0.717) is 11.3 Å². The molecule has 2 aromatic heterocycles. The van der Waals surface area contributed by atoms with Gasteiger partial charge in [-0.25, -0.2) is 4.98 Å². The summed E-state index contributed by atoms with van der Waals surface area (Å²) in [5, 5.41) is 6.85. The van der Waals surface area contributed by atoms with Crippen molar-refractivity contribution >= 4 is 34.2 Å². The molecule has 2 N–H and O–H groups in total. The number of rotatable bonds is 4. The van der Waals surface area contributed by atoms with Gasteiger partial charge in [-0.3, -0.25) is 4.79 Å². The number of anilines is 1. The van der Waals surface area contributed by atoms with Crippen molar-refractivity contribution in [3.63, 3.8) is 0 Å². The predicted octanol–water partition coefficient (Wildman–Crippen LogP) is 3.90. The molecule has 2 aromatic carbocycles. The summed E-state index contributed by atoms with van der Waals surface area (Å²) in [6.07, 6.45) is 0.685. The molecular weight excluding hydrogens is 334 g/mol. The van der Waals surface area contributed by atoms with E-state index in [1.165, 1.54) is 0 Å². The first-order valence-corrected chi connectivity index (χ1v) is 8.69. The maximum Gasteiger partial charge on any atom is 0.269 e. The van der Waals surface area contributed by atoms with Gasteiger partial charge in [0, 0.05) is 11.3 Å². The number of fused-ring (bicyclic) bond motifs is 1. The van der Waals surface area contributed by atoms with Crippen LogP contribution in [-0.4, -0.2) is 25.5 Å². The van der Waals surface area contributed by atoms with Crippen molar-refractivity contribution in [2.24, 2.45) is 0 Å². The van der Waals surface area contributed by atoms with Crippen LogP contribution in [0.2, 0.25) is 0 Å². The molecule has 25 heavy (non-hydrogen) atoms. The summed E-state index contributed by atoms with van der Waals surface area (Å²) in [5.41, 5.74) is 4.34. The van der Waals surface area contributed by atoms with Crippen LogP contribution in [0.3, 0.4) is 0 Å². The average molecular weight is 349 g/mol. The third-order valence-corrected chi connectivity index (χ3v) is 4.67. The molecule has 0 spiro atoms. The van der Waals surface area contributed by atoms with Gasteiger partial charge in [0.15, 0.2) is 0 Å². The molecule has 0 saturated heterocycles. The third-order valence-electron chi connectivity index (χ3n) is 3.90. The summed E-state index contributed by atoms with van der Waals surface area (Å²) in [7, 11) is 0. The first kappa shape index (κ1) is 15.5. The van der Waals surface area contributed by atoms with E-state index in [-0.39, 0.29) is 5.91 Å². The lowest BCUT2D eigenvalue weighted by atomic mass is 10.2. The van der Waals surface area contributed by atoms with Crippen molar-refractivity contribution in [1.29, 1.82) is 0 Å². The fraction of sp³-hybridized carbons (Fsp3) is 0.111. The molecule has 0 unspecified atom stereocenters. The van der Waals surface area contributed by atoms with Gasteiger partial charge < -0.3 is 10.3 Å². The van der Waals surface area contributed by atoms with Crippen LogP contribution in [0.5, 0.6) is 0 Å². The number of aromatic nitrogens is 4. The minimum atomic E-state index is -0.177. The highest BCUT2D eigenvalue weighted by atomic mass is 32.1. The molecule has 124 valence electrons. The van der Waals surface area contributed by atoms with E-state index in [9.17, 15) is 4.79 Å². The number of hydrogen-bond acceptors (Lipinski definition) is 5. The minimum absolute atomic E-state index is 0.177. The van der Waals surface area contributed by atoms with Crippen LogP contribution in [0.4, 0.5) is 5.69 Å². The first-order valence-electron chi connectivity index (χ1n) is 7.92. The van der Waals surface area contributed by atoms with Crippen molar-refractivity contribution in [2.75, 3.05) is 5.32 Å². The van der Waals surface area contributed by atoms with Gasteiger partial charge in [-0.2, -0.15) is 0 Å². The Morgan fingerprint density at radius 2 is 1.96 bits per heavy atom. The van der Waals surface area contributed by atoms with E-state index in [2.05, 4.69) is 24.9 Å². The molecule has 1 amide bonds. The molecule has 0 aliphatic rings. The molecular formula is C18H15N5OS. The summed E-state index contributed by atoms with van der Waals surface area (Å²) in [5.74, 6) is 0.627. The second-order valence-corrected chi connectivity index (χ2v) is 6.29. The van der Waals surface area contributed by atoms with E-state index in [4.69, 9.17) is 0 Å². The lowest BCUT2D eigenvalue weighted by Crippen LogP contribution is -2.12. The SMILES string of the molecule is CCc1nnsc1C(=O)Nc1ccc(-c2nc3ccccc3[nH]2)cc1. The molecule has 0 aliphatic carbocycles. The fourth-order valence-electron chi connectivity index (χ4n) is 2.60. The maximum absolute atomic E-state index is 12.3. The number of aryl methyl sites for hydroxylation is 1. The predicted molar refractivity (Wildman–Crippen MR) is 98.8 cm³/mol. The molecule has 0 aliphatic heterocycles. The third kappa shape index (κ3) is 3.01. The molecule has 0 saturated carbocycles. The van der Waals surface area contributed by atoms with Crippen LogP contribution in [0.1, 0.15) is 22.3 Å². The highest BCUT2D eigenvalue weighted by Gasteiger charge is 2.15. The summed E-state index contributed by atoms with van der Waals surface area (Å²) in [6.45, 7) is 1.95. The van der Waals surface area contributed by atoms with E-state index in [1.807, 2.05) is 55.5 Å². The number of imidazole rings is 1. The minimum Gasteiger partial charge on any atom is -0.338 e. The molecule has 0 radical (unpaired) electrons. The molecule has 4 aromatic rings. The zero-order valence-corrected chi connectivity index (χ0v) is 14.3. The fourth-order valence-corrected chi connectivity index (χ4v) is 3.25. The van der Waals surface area contributed by atoms with Crippen LogP contribution in [0.15, 0.2) is 48.5 Å². The molecule has 2 heterocycles. The Labute approximate surface area is 148 Å². The summed E-state index contributed by atoms with van der Waals surface area (Å²) in [6, 6.07) is 15.5. The number of nitrogens with zero attached hydrogens (tertiary/aromatic N) is 3. The number of carbonyl (C=O) groups excluding carboxylic acids is 1. The van der Waals surface area contributed by atoms with Crippen molar-refractivity contribution in [3.8, 4) is 11.4 Å². The molecule has 4 rings (SSSR count). The van der Waals surface area contributed by atoms with Crippen molar-refractivity contribution in [2.45, 2.75) is 13.3 Å². The number of hydrogen-bond donors (Lipinski definition) is 2. The second-order valence-electron chi connectivity index (χ2n) is 5.54. The lowest BCUT2D eigenvalue weighted by Gasteiger charge is -2.05. The Balaban J connectivity index is 1.54. The van der Waals surface area contributed by atoms with Gasteiger partial charge >= 0.3 is 0 Å². The second kappa shape index (κ2) is 6.45. The Kier molecular flexibility index (Phi) is 3.99. The van der Waals surface area contributed by atoms with E-state index in [1.54, 1.807) is 0 Å². The average Bonchev–Trinajstić information content (AvgIpc) is 3.28. The van der Waals surface area contributed by atoms with Crippen LogP contribution >= 0.6 is 11.5 Å². The van der Waals surface area contributed by atoms with E-state index in [0.717, 1.165) is 45.3 Å². The monoisotopic (exact) mass is 349 g/mol. The Morgan fingerprint density at radius 3 is 2.72 bits per heavy atom. The number of carbonyl (C=O) groups is 1. The van der Waals surface area contributed by atoms with Gasteiger partial charge in [0.2, 0.25) is 0 Å². The number of H-pyrrole nitrogens is 1. The first-order chi connectivity index (χ1) is 12.2. The highest BCUT2D eigenvalue weighted by Crippen LogP contribution is 2.22. The topological polar surface area (TPSA) is 83.6 Å². The van der Waals surface area contributed by atoms with Crippen molar-refractivity contribution in [1.82, 2.24) is 19.6 Å². The Hall–Kier alpha value is -3.06. The van der Waals surface area contributed by atoms with Gasteiger partial charge in [0.25, 0.3) is 5.91 Å². The van der Waals surface area contributed by atoms with E-state index >= 15 is 0 Å². The van der Waals surface area contributed by atoms with Gasteiger partial charge in [0.1, 0.15) is 10.7 Å². The molecule has 6 nitrogen and oxygen atoms in total. The van der Waals surface area contributed by atoms with Crippen molar-refractivity contribution < 1.29 is 4.79 Å². The Bertz CT molecular complexity index is 1000. The molecule has 0 fully saturated rings. The molecule has 7 heteroatoms. The number of aromatic amines is 1. The van der Waals surface area contributed by atoms with Crippen LogP contribution in [-0.2, 0) is 6.42 Å². The zero-order chi connectivity index (χ0) is 17.2. The number of amides is 1. The highest BCUT2D eigenvalue weighted by molar-refractivity contribution is 7.08. The van der Waals surface area contributed by atoms with Crippen LogP contribution in [0, 0.1) is 0 Å². The normalized spacial score (nSPS) is 10.9. The standard InChI is InChI=1S/C18H15N5OS/c1-2-13-16(25-23-22-13)18(24)19-12-9-7-11(8-10-12)17-20-14-5-3-4-6-15(14)21-17/h3-10H,2H2,1H3,(H,19,24)(H,20,21). The smallest absolute Gasteiger partial charge is 0.269 e. The number of nitrogens with one attached hydrogen (secondary N) is 2. The number of para-hydroxylation sites is 2. The summed E-state index contributed by atoms with van der Waals surface area (Å²) >= 11 is 1.12. The van der Waals surface area contributed by atoms with Gasteiger partial charge in [-0.05, 0) is 54.4 Å². The van der Waals surface area contributed by atoms with Gasteiger partial charge in [-0.15, -0.1) is 5.10 Å². The van der Waals surface area contributed by atoms with Crippen LogP contribution < -0.4 is 5.32 Å². The Morgan fingerprint density at radius 1 is 1.16 bits per heavy atom. The summed E-state index contributed by atoms with van der Waals surface area (Å²) < 4.78 is 3.85. The van der Waals surface area contributed by atoms with Crippen molar-refractivity contribution in [3.05, 3.63) is 59.1 Å². The molecule has 0 atom stereocenters. The summed E-state index contributed by atoms with van der Waals surface area (Å²) in [4.78, 5) is 20.8. The molecule has 0 bridgehead atoms. The largest absolute Gasteiger partial charge is 0.338 e. The maximum atomic E-state index is 12.3. The lowest BCUT2D eigenvalue weighted by molar-refractivity contribution is 0.102. The van der Waals surface area contributed by atoms with E-state index < -0.39 is 0 Å². The quantitative estimate of drug-likeness (QED) is 0.585. The number of benzene rings is 2.